The minimum atomic E-state index is -0.501. The molecule has 0 N–H and O–H groups in total. The molecule has 0 aliphatic heterocycles. The predicted molar refractivity (Wildman–Crippen MR) is 58.8 cm³/mol. The van der Waals surface area contributed by atoms with Crippen molar-refractivity contribution in [2.24, 2.45) is 0 Å². The lowest BCUT2D eigenvalue weighted by atomic mass is 10.0. The van der Waals surface area contributed by atoms with Crippen LogP contribution in [0.1, 0.15) is 21.5 Å². The van der Waals surface area contributed by atoms with Crippen LogP contribution in [0, 0.1) is 12.7 Å². The van der Waals surface area contributed by atoms with Crippen molar-refractivity contribution >= 4 is 5.78 Å². The molecule has 1 aromatic carbocycles. The zero-order valence-electron chi connectivity index (χ0n) is 8.77. The Morgan fingerprint density at radius 3 is 2.69 bits per heavy atom. The van der Waals surface area contributed by atoms with Crippen LogP contribution in [0.25, 0.3) is 0 Å². The van der Waals surface area contributed by atoms with Crippen LogP contribution in [0.3, 0.4) is 0 Å². The third-order valence-corrected chi connectivity index (χ3v) is 2.25. The Morgan fingerprint density at radius 2 is 2.00 bits per heavy atom. The summed E-state index contributed by atoms with van der Waals surface area (Å²) in [5, 5.41) is 0. The Labute approximate surface area is 92.8 Å². The number of pyridine rings is 1. The van der Waals surface area contributed by atoms with E-state index in [9.17, 15) is 9.18 Å². The van der Waals surface area contributed by atoms with Crippen LogP contribution in [0.5, 0.6) is 0 Å². The quantitative estimate of drug-likeness (QED) is 0.721. The molecule has 2 nitrogen and oxygen atoms in total. The van der Waals surface area contributed by atoms with Gasteiger partial charge in [0.25, 0.3) is 0 Å². The van der Waals surface area contributed by atoms with Gasteiger partial charge < -0.3 is 0 Å². The molecule has 0 radical (unpaired) electrons. The van der Waals surface area contributed by atoms with Gasteiger partial charge in [-0.1, -0.05) is 23.8 Å². The van der Waals surface area contributed by atoms with E-state index < -0.39 is 5.82 Å². The lowest BCUT2D eigenvalue weighted by Gasteiger charge is -2.01. The van der Waals surface area contributed by atoms with E-state index in [4.69, 9.17) is 0 Å². The summed E-state index contributed by atoms with van der Waals surface area (Å²) in [6, 6.07) is 8.38. The summed E-state index contributed by atoms with van der Waals surface area (Å²) in [5.41, 5.74) is 1.81. The molecule has 1 heterocycles. The molecule has 0 saturated heterocycles. The highest BCUT2D eigenvalue weighted by Crippen LogP contribution is 2.11. The highest BCUT2D eigenvalue weighted by molar-refractivity contribution is 6.08. The number of carbonyl (C=O) groups is 1. The summed E-state index contributed by atoms with van der Waals surface area (Å²) in [6.07, 6.45) is 2.45. The van der Waals surface area contributed by atoms with Crippen LogP contribution in [0.4, 0.5) is 4.39 Å². The number of halogens is 1. The van der Waals surface area contributed by atoms with E-state index >= 15 is 0 Å². The van der Waals surface area contributed by atoms with Crippen molar-refractivity contribution in [1.29, 1.82) is 0 Å². The molecule has 0 bridgehead atoms. The second kappa shape index (κ2) is 4.23. The van der Waals surface area contributed by atoms with Gasteiger partial charge in [-0.3, -0.25) is 9.78 Å². The molecule has 0 spiro atoms. The van der Waals surface area contributed by atoms with Gasteiger partial charge in [0.1, 0.15) is 5.82 Å². The average molecular weight is 215 g/mol. The van der Waals surface area contributed by atoms with Gasteiger partial charge in [0.05, 0.1) is 6.20 Å². The van der Waals surface area contributed by atoms with Crippen LogP contribution in [0.2, 0.25) is 0 Å². The number of hydrogen-bond donors (Lipinski definition) is 0. The zero-order chi connectivity index (χ0) is 11.5. The van der Waals surface area contributed by atoms with Crippen LogP contribution in [0.15, 0.2) is 42.7 Å². The van der Waals surface area contributed by atoms with Crippen LogP contribution < -0.4 is 0 Å². The van der Waals surface area contributed by atoms with Crippen molar-refractivity contribution < 1.29 is 9.18 Å². The molecule has 0 aliphatic carbocycles. The van der Waals surface area contributed by atoms with Gasteiger partial charge in [-0.15, -0.1) is 0 Å². The maximum atomic E-state index is 12.9. The highest BCUT2D eigenvalue weighted by Gasteiger charge is 2.09. The lowest BCUT2D eigenvalue weighted by molar-refractivity contribution is 0.103. The van der Waals surface area contributed by atoms with Crippen LogP contribution >= 0.6 is 0 Å². The summed E-state index contributed by atoms with van der Waals surface area (Å²) in [5.74, 6) is -0.714. The lowest BCUT2D eigenvalue weighted by Crippen LogP contribution is -2.02. The fourth-order valence-electron chi connectivity index (χ4n) is 1.49. The van der Waals surface area contributed by atoms with Gasteiger partial charge in [-0.05, 0) is 19.1 Å². The van der Waals surface area contributed by atoms with E-state index in [0.29, 0.717) is 5.56 Å². The first-order valence-electron chi connectivity index (χ1n) is 4.89. The maximum absolute atomic E-state index is 12.9. The van der Waals surface area contributed by atoms with Crippen LogP contribution in [-0.2, 0) is 0 Å². The molecule has 0 amide bonds. The van der Waals surface area contributed by atoms with Gasteiger partial charge >= 0.3 is 0 Å². The van der Waals surface area contributed by atoms with Gasteiger partial charge in [-0.25, -0.2) is 4.39 Å². The smallest absolute Gasteiger partial charge is 0.194 e. The molecule has 16 heavy (non-hydrogen) atoms. The van der Waals surface area contributed by atoms with Crippen molar-refractivity contribution in [2.45, 2.75) is 6.92 Å². The van der Waals surface area contributed by atoms with E-state index in [1.807, 2.05) is 13.0 Å². The minimum Gasteiger partial charge on any atom is -0.289 e. The van der Waals surface area contributed by atoms with Crippen molar-refractivity contribution in [3.05, 3.63) is 65.2 Å². The van der Waals surface area contributed by atoms with Crippen molar-refractivity contribution in [3.8, 4) is 0 Å². The number of carbonyl (C=O) groups excluding carboxylic acids is 1. The first kappa shape index (κ1) is 10.5. The summed E-state index contributed by atoms with van der Waals surface area (Å²) in [4.78, 5) is 15.6. The molecule has 0 atom stereocenters. The molecular formula is C13H10FNO. The number of benzene rings is 1. The fourth-order valence-corrected chi connectivity index (χ4v) is 1.49. The SMILES string of the molecule is Cc1cccc(C(=O)c2cncc(F)c2)c1. The Kier molecular flexibility index (Phi) is 2.77. The maximum Gasteiger partial charge on any atom is 0.194 e. The standard InChI is InChI=1S/C13H10FNO/c1-9-3-2-4-10(5-9)13(16)11-6-12(14)8-15-7-11/h2-8H,1H3. The third-order valence-electron chi connectivity index (χ3n) is 2.25. The predicted octanol–water partition coefficient (Wildman–Crippen LogP) is 2.76. The highest BCUT2D eigenvalue weighted by atomic mass is 19.1. The van der Waals surface area contributed by atoms with Crippen molar-refractivity contribution in [1.82, 2.24) is 4.98 Å². The second-order valence-electron chi connectivity index (χ2n) is 3.59. The molecule has 0 saturated carbocycles. The molecule has 80 valence electrons. The number of aromatic nitrogens is 1. The first-order chi connectivity index (χ1) is 7.66. The fraction of sp³-hybridized carbons (Fsp3) is 0.0769. The molecule has 2 aromatic rings. The zero-order valence-corrected chi connectivity index (χ0v) is 8.77. The third kappa shape index (κ3) is 2.14. The van der Waals surface area contributed by atoms with E-state index in [1.165, 1.54) is 12.3 Å². The van der Waals surface area contributed by atoms with Gasteiger partial charge in [0, 0.05) is 17.3 Å². The molecule has 0 fully saturated rings. The molecule has 1 aromatic heterocycles. The topological polar surface area (TPSA) is 30.0 Å². The van der Waals surface area contributed by atoms with Gasteiger partial charge in [-0.2, -0.15) is 0 Å². The van der Waals surface area contributed by atoms with E-state index in [2.05, 4.69) is 4.98 Å². The summed E-state index contributed by atoms with van der Waals surface area (Å²) in [7, 11) is 0. The molecule has 0 unspecified atom stereocenters. The Hall–Kier alpha value is -2.03. The Bertz CT molecular complexity index is 489. The monoisotopic (exact) mass is 215 g/mol. The first-order valence-corrected chi connectivity index (χ1v) is 4.89. The molecule has 0 aliphatic rings. The number of ketones is 1. The second-order valence-corrected chi connectivity index (χ2v) is 3.59. The van der Waals surface area contributed by atoms with E-state index in [1.54, 1.807) is 18.2 Å². The summed E-state index contributed by atoms with van der Waals surface area (Å²) < 4.78 is 12.9. The number of rotatable bonds is 2. The Balaban J connectivity index is 2.39. The van der Waals surface area contributed by atoms with E-state index in [0.717, 1.165) is 11.8 Å². The van der Waals surface area contributed by atoms with Crippen LogP contribution in [-0.4, -0.2) is 10.8 Å². The minimum absolute atomic E-state index is 0.212. The number of hydrogen-bond acceptors (Lipinski definition) is 2. The van der Waals surface area contributed by atoms with E-state index in [-0.39, 0.29) is 11.3 Å². The molecule has 2 rings (SSSR count). The number of aryl methyl sites for hydroxylation is 1. The summed E-state index contributed by atoms with van der Waals surface area (Å²) in [6.45, 7) is 1.90. The normalized spacial score (nSPS) is 10.1. The van der Waals surface area contributed by atoms with Gasteiger partial charge in [0.2, 0.25) is 0 Å². The van der Waals surface area contributed by atoms with Gasteiger partial charge in [0.15, 0.2) is 5.78 Å². The average Bonchev–Trinajstić information content (AvgIpc) is 2.28. The van der Waals surface area contributed by atoms with Crippen molar-refractivity contribution in [3.63, 3.8) is 0 Å². The largest absolute Gasteiger partial charge is 0.289 e. The van der Waals surface area contributed by atoms with Crippen molar-refractivity contribution in [2.75, 3.05) is 0 Å². The molecular weight excluding hydrogens is 205 g/mol. The molecule has 3 heteroatoms. The summed E-state index contributed by atoms with van der Waals surface area (Å²) >= 11 is 0. The number of nitrogens with zero attached hydrogens (tertiary/aromatic N) is 1. The Morgan fingerprint density at radius 1 is 1.19 bits per heavy atom.